The lowest BCUT2D eigenvalue weighted by molar-refractivity contribution is -0.119. The van der Waals surface area contributed by atoms with Crippen LogP contribution in [0.25, 0.3) is 22.3 Å². The minimum Gasteiger partial charge on any atom is -0.493 e. The monoisotopic (exact) mass is 471 g/mol. The first-order valence-electron chi connectivity index (χ1n) is 10.4. The van der Waals surface area contributed by atoms with Crippen LogP contribution >= 0.6 is 11.6 Å². The minimum absolute atomic E-state index is 0.108. The molecule has 168 valence electrons. The molecule has 0 bridgehead atoms. The summed E-state index contributed by atoms with van der Waals surface area (Å²) < 4.78 is 1.68. The van der Waals surface area contributed by atoms with Crippen molar-refractivity contribution in [2.75, 3.05) is 0 Å². The van der Waals surface area contributed by atoms with E-state index in [2.05, 4.69) is 25.6 Å². The Morgan fingerprint density at radius 1 is 0.971 bits per heavy atom. The van der Waals surface area contributed by atoms with E-state index in [9.17, 15) is 9.90 Å². The van der Waals surface area contributed by atoms with Crippen molar-refractivity contribution in [3.05, 3.63) is 89.4 Å². The maximum Gasteiger partial charge on any atom is 0.287 e. The Labute approximate surface area is 198 Å². The van der Waals surface area contributed by atoms with E-state index in [1.807, 2.05) is 72.8 Å². The van der Waals surface area contributed by atoms with Crippen LogP contribution in [0.4, 0.5) is 5.69 Å². The van der Waals surface area contributed by atoms with E-state index in [4.69, 9.17) is 11.6 Å². The first kappa shape index (κ1) is 21.5. The zero-order valence-electron chi connectivity index (χ0n) is 17.8. The van der Waals surface area contributed by atoms with Crippen molar-refractivity contribution in [2.24, 2.45) is 10.2 Å². The summed E-state index contributed by atoms with van der Waals surface area (Å²) in [5, 5.41) is 32.1. The average molecular weight is 472 g/mol. The van der Waals surface area contributed by atoms with Crippen molar-refractivity contribution < 1.29 is 9.90 Å². The number of tetrazole rings is 1. The molecule has 34 heavy (non-hydrogen) atoms. The Balaban J connectivity index is 1.39. The first-order chi connectivity index (χ1) is 16.6. The van der Waals surface area contributed by atoms with E-state index in [0.29, 0.717) is 22.8 Å². The molecule has 0 spiro atoms. The number of halogens is 1. The number of rotatable bonds is 6. The maximum absolute atomic E-state index is 12.4. The third-order valence-electron chi connectivity index (χ3n) is 5.23. The van der Waals surface area contributed by atoms with Gasteiger partial charge in [0.2, 0.25) is 11.7 Å². The normalized spacial score (nSPS) is 11.4. The summed E-state index contributed by atoms with van der Waals surface area (Å²) in [6, 6.07) is 24.1. The van der Waals surface area contributed by atoms with Gasteiger partial charge >= 0.3 is 0 Å². The number of aromatic hydroxyl groups is 1. The van der Waals surface area contributed by atoms with Crippen molar-refractivity contribution in [3.8, 4) is 17.3 Å². The Morgan fingerprint density at radius 2 is 1.71 bits per heavy atom. The molecule has 0 saturated carbocycles. The largest absolute Gasteiger partial charge is 0.493 e. The molecule has 3 aromatic carbocycles. The van der Waals surface area contributed by atoms with Gasteiger partial charge in [-0.1, -0.05) is 78.3 Å². The molecule has 2 heterocycles. The Kier molecular flexibility index (Phi) is 5.84. The number of azo groups is 1. The SMILES string of the molecule is O=C(Cn1nnc(-c2ccccc2)n1)N=Nc1c(O)n(Cc2ccccc2Cl)c2ccccc12. The number of benzene rings is 3. The highest BCUT2D eigenvalue weighted by molar-refractivity contribution is 6.31. The minimum atomic E-state index is -0.584. The molecular formula is C24H18ClN7O2. The van der Waals surface area contributed by atoms with Gasteiger partial charge in [-0.25, -0.2) is 0 Å². The molecule has 1 N–H and O–H groups in total. The van der Waals surface area contributed by atoms with Crippen LogP contribution < -0.4 is 0 Å². The zero-order valence-corrected chi connectivity index (χ0v) is 18.5. The molecule has 0 radical (unpaired) electrons. The van der Waals surface area contributed by atoms with Crippen LogP contribution in [-0.4, -0.2) is 35.8 Å². The molecule has 10 heteroatoms. The van der Waals surface area contributed by atoms with Crippen LogP contribution in [0.15, 0.2) is 89.1 Å². The topological polar surface area (TPSA) is 111 Å². The van der Waals surface area contributed by atoms with Crippen LogP contribution in [0.3, 0.4) is 0 Å². The molecular weight excluding hydrogens is 454 g/mol. The fourth-order valence-corrected chi connectivity index (χ4v) is 3.79. The number of carbonyl (C=O) groups excluding carboxylic acids is 1. The molecule has 0 unspecified atom stereocenters. The molecule has 2 aromatic heterocycles. The lowest BCUT2D eigenvalue weighted by Gasteiger charge is -2.08. The van der Waals surface area contributed by atoms with Gasteiger partial charge < -0.3 is 9.67 Å². The van der Waals surface area contributed by atoms with Crippen LogP contribution in [0, 0.1) is 0 Å². The fraction of sp³-hybridized carbons (Fsp3) is 0.0833. The third kappa shape index (κ3) is 4.28. The second-order valence-corrected chi connectivity index (χ2v) is 7.88. The van der Waals surface area contributed by atoms with Crippen LogP contribution in [0.5, 0.6) is 5.88 Å². The number of hydrogen-bond acceptors (Lipinski definition) is 6. The van der Waals surface area contributed by atoms with Gasteiger partial charge in [0, 0.05) is 16.0 Å². The van der Waals surface area contributed by atoms with Crippen molar-refractivity contribution in [1.82, 2.24) is 24.8 Å². The van der Waals surface area contributed by atoms with E-state index in [0.717, 1.165) is 21.4 Å². The molecule has 0 aliphatic carbocycles. The maximum atomic E-state index is 12.4. The molecule has 1 amide bonds. The molecule has 5 rings (SSSR count). The standard InChI is InChI=1S/C24H18ClN7O2/c25-19-12-6-4-10-17(19)14-31-20-13-7-5-11-18(20)22(24(31)34)27-26-21(33)15-32-29-23(28-30-32)16-8-2-1-3-9-16/h1-13,34H,14-15H2. The number of para-hydroxylation sites is 1. The van der Waals surface area contributed by atoms with Crippen LogP contribution in [0.1, 0.15) is 5.56 Å². The molecule has 0 aliphatic heterocycles. The quantitative estimate of drug-likeness (QED) is 0.350. The number of fused-ring (bicyclic) bond motifs is 1. The molecule has 5 aromatic rings. The number of aromatic nitrogens is 5. The summed E-state index contributed by atoms with van der Waals surface area (Å²) in [5.74, 6) is -0.284. The highest BCUT2D eigenvalue weighted by Crippen LogP contribution is 2.39. The Bertz CT molecular complexity index is 1510. The number of amides is 1. The Morgan fingerprint density at radius 3 is 2.53 bits per heavy atom. The lowest BCUT2D eigenvalue weighted by Crippen LogP contribution is -2.10. The van der Waals surface area contributed by atoms with Gasteiger partial charge in [-0.15, -0.1) is 20.4 Å². The summed E-state index contributed by atoms with van der Waals surface area (Å²) in [6.45, 7) is 0.100. The third-order valence-corrected chi connectivity index (χ3v) is 5.60. The fourth-order valence-electron chi connectivity index (χ4n) is 3.60. The van der Waals surface area contributed by atoms with Gasteiger partial charge in [-0.2, -0.15) is 4.80 Å². The van der Waals surface area contributed by atoms with Crippen molar-refractivity contribution in [3.63, 3.8) is 0 Å². The van der Waals surface area contributed by atoms with Crippen molar-refractivity contribution >= 4 is 34.1 Å². The summed E-state index contributed by atoms with van der Waals surface area (Å²) in [7, 11) is 0. The number of hydrogen-bond donors (Lipinski definition) is 1. The van der Waals surface area contributed by atoms with Crippen LogP contribution in [-0.2, 0) is 17.9 Å². The average Bonchev–Trinajstić information content (AvgIpc) is 3.42. The van der Waals surface area contributed by atoms with Gasteiger partial charge in [0.25, 0.3) is 5.91 Å². The van der Waals surface area contributed by atoms with Gasteiger partial charge in [0.05, 0.1) is 12.1 Å². The van der Waals surface area contributed by atoms with Gasteiger partial charge in [-0.3, -0.25) is 4.79 Å². The summed E-state index contributed by atoms with van der Waals surface area (Å²) in [5.41, 5.74) is 2.57. The highest BCUT2D eigenvalue weighted by Gasteiger charge is 2.18. The second kappa shape index (κ2) is 9.24. The predicted molar refractivity (Wildman–Crippen MR) is 127 cm³/mol. The highest BCUT2D eigenvalue weighted by atomic mass is 35.5. The second-order valence-electron chi connectivity index (χ2n) is 7.47. The summed E-state index contributed by atoms with van der Waals surface area (Å²) in [4.78, 5) is 13.6. The molecule has 0 atom stereocenters. The van der Waals surface area contributed by atoms with E-state index < -0.39 is 5.91 Å². The lowest BCUT2D eigenvalue weighted by atomic mass is 10.2. The van der Waals surface area contributed by atoms with Crippen molar-refractivity contribution in [1.29, 1.82) is 0 Å². The van der Waals surface area contributed by atoms with E-state index in [1.165, 1.54) is 0 Å². The number of nitrogens with zero attached hydrogens (tertiary/aromatic N) is 7. The molecule has 0 saturated heterocycles. The summed E-state index contributed by atoms with van der Waals surface area (Å²) >= 11 is 6.30. The van der Waals surface area contributed by atoms with Gasteiger partial charge in [-0.05, 0) is 22.9 Å². The smallest absolute Gasteiger partial charge is 0.287 e. The first-order valence-corrected chi connectivity index (χ1v) is 10.8. The molecule has 9 nitrogen and oxygen atoms in total. The molecule has 0 aliphatic rings. The van der Waals surface area contributed by atoms with E-state index in [1.54, 1.807) is 10.6 Å². The summed E-state index contributed by atoms with van der Waals surface area (Å²) in [6.07, 6.45) is 0. The van der Waals surface area contributed by atoms with E-state index >= 15 is 0 Å². The van der Waals surface area contributed by atoms with Crippen molar-refractivity contribution in [2.45, 2.75) is 13.1 Å². The Hall–Kier alpha value is -4.37. The van der Waals surface area contributed by atoms with Gasteiger partial charge in [0.1, 0.15) is 6.54 Å². The van der Waals surface area contributed by atoms with Crippen LogP contribution in [0.2, 0.25) is 5.02 Å². The number of carbonyl (C=O) groups is 1. The molecule has 0 fully saturated rings. The van der Waals surface area contributed by atoms with E-state index in [-0.39, 0.29) is 18.1 Å². The zero-order chi connectivity index (χ0) is 23.5. The predicted octanol–water partition coefficient (Wildman–Crippen LogP) is 5.01. The van der Waals surface area contributed by atoms with Gasteiger partial charge in [0.15, 0.2) is 5.69 Å².